The van der Waals surface area contributed by atoms with E-state index < -0.39 is 28.1 Å². The molecule has 0 aliphatic heterocycles. The molecule has 2 atom stereocenters. The summed E-state index contributed by atoms with van der Waals surface area (Å²) in [4.78, 5) is 12.1. The Hall–Kier alpha value is -0.960. The normalized spacial score (nSPS) is 13.7. The van der Waals surface area contributed by atoms with Crippen molar-refractivity contribution in [3.63, 3.8) is 0 Å². The van der Waals surface area contributed by atoms with Crippen molar-refractivity contribution >= 4 is 40.5 Å². The molecule has 0 saturated carbocycles. The Kier molecular flexibility index (Phi) is 10.1. The molecule has 1 aromatic rings. The molecule has 158 valence electrons. The summed E-state index contributed by atoms with van der Waals surface area (Å²) in [5.74, 6) is -0.135. The van der Waals surface area contributed by atoms with Crippen LogP contribution in [-0.4, -0.2) is 35.8 Å². The Bertz CT molecular complexity index is 694. The topological polar surface area (TPSA) is 79.9 Å². The lowest BCUT2D eigenvalue weighted by atomic mass is 9.99. The Morgan fingerprint density at radius 2 is 2.00 bits per heavy atom. The van der Waals surface area contributed by atoms with E-state index in [2.05, 4.69) is 11.3 Å². The monoisotopic (exact) mass is 451 g/mol. The summed E-state index contributed by atoms with van der Waals surface area (Å²) in [7, 11) is 1.49. The Morgan fingerprint density at radius 1 is 1.36 bits per heavy atom. The van der Waals surface area contributed by atoms with Gasteiger partial charge in [-0.25, -0.2) is 4.79 Å². The van der Waals surface area contributed by atoms with E-state index >= 15 is 0 Å². The quantitative estimate of drug-likeness (QED) is 0.242. The van der Waals surface area contributed by atoms with Crippen LogP contribution < -0.4 is 9.46 Å². The summed E-state index contributed by atoms with van der Waals surface area (Å²) in [5.41, 5.74) is 0.674. The summed E-state index contributed by atoms with van der Waals surface area (Å²) in [6.07, 6.45) is 0.101. The molecule has 0 heterocycles. The van der Waals surface area contributed by atoms with Gasteiger partial charge in [0.2, 0.25) is 0 Å². The van der Waals surface area contributed by atoms with Crippen LogP contribution in [0.5, 0.6) is 5.75 Å². The van der Waals surface area contributed by atoms with Gasteiger partial charge in [0, 0.05) is 36.0 Å². The van der Waals surface area contributed by atoms with E-state index in [0.29, 0.717) is 16.3 Å². The van der Waals surface area contributed by atoms with Crippen molar-refractivity contribution in [2.24, 2.45) is 0 Å². The van der Waals surface area contributed by atoms with Crippen molar-refractivity contribution in [2.45, 2.75) is 44.9 Å². The second-order valence-electron chi connectivity index (χ2n) is 6.90. The number of rotatable bonds is 10. The highest BCUT2D eigenvalue weighted by atomic mass is 35.5. The third kappa shape index (κ3) is 7.13. The molecule has 9 heteroatoms. The van der Waals surface area contributed by atoms with Gasteiger partial charge in [-0.05, 0) is 39.8 Å². The first-order valence-electron chi connectivity index (χ1n) is 8.65. The molecule has 0 spiro atoms. The molecular weight excluding hydrogens is 425 g/mol. The third-order valence-corrected chi connectivity index (χ3v) is 6.02. The molecule has 0 saturated heterocycles. The number of hydrogen-bond donors (Lipinski definition) is 1. The predicted molar refractivity (Wildman–Crippen MR) is 113 cm³/mol. The predicted octanol–water partition coefficient (Wildman–Crippen LogP) is 4.58. The zero-order valence-electron chi connectivity index (χ0n) is 16.8. The number of ether oxygens (including phenoxy) is 3. The minimum absolute atomic E-state index is 0.0150. The molecular formula is C19H27Cl2NO5S. The van der Waals surface area contributed by atoms with E-state index in [-0.39, 0.29) is 30.4 Å². The maximum absolute atomic E-state index is 12.8. The molecule has 0 aliphatic rings. The van der Waals surface area contributed by atoms with Crippen molar-refractivity contribution < 1.29 is 23.6 Å². The average Bonchev–Trinajstić information content (AvgIpc) is 2.61. The van der Waals surface area contributed by atoms with Gasteiger partial charge in [0.1, 0.15) is 10.5 Å². The molecule has 6 nitrogen and oxygen atoms in total. The first kappa shape index (κ1) is 25.1. The lowest BCUT2D eigenvalue weighted by molar-refractivity contribution is -0.138. The number of methoxy groups -OCH3 is 1. The van der Waals surface area contributed by atoms with Crippen molar-refractivity contribution in [1.82, 2.24) is 4.72 Å². The number of halogens is 2. The number of carbonyl (C=O) groups excluding carboxylic acids is 1. The van der Waals surface area contributed by atoms with Crippen LogP contribution in [0.4, 0.5) is 0 Å². The SMILES string of the molecule is C=C(C[C@@H](N[S@@+]([O-])C(C)(C)C)c1c(OCOC)ccc(Cl)c1Cl)C(=O)OCC. The van der Waals surface area contributed by atoms with E-state index in [1.807, 2.05) is 20.8 Å². The zero-order chi connectivity index (χ0) is 21.5. The van der Waals surface area contributed by atoms with Gasteiger partial charge in [-0.1, -0.05) is 29.8 Å². The van der Waals surface area contributed by atoms with Crippen LogP contribution in [0.15, 0.2) is 24.3 Å². The highest BCUT2D eigenvalue weighted by molar-refractivity contribution is 7.90. The van der Waals surface area contributed by atoms with Crippen molar-refractivity contribution in [1.29, 1.82) is 0 Å². The van der Waals surface area contributed by atoms with Crippen molar-refractivity contribution in [3.05, 3.63) is 39.9 Å². The highest BCUT2D eigenvalue weighted by Gasteiger charge is 2.33. The molecule has 0 bridgehead atoms. The summed E-state index contributed by atoms with van der Waals surface area (Å²) in [5, 5.41) is 0.534. The lowest BCUT2D eigenvalue weighted by Crippen LogP contribution is -2.41. The fraction of sp³-hybridized carbons (Fsp3) is 0.526. The van der Waals surface area contributed by atoms with Gasteiger partial charge in [0.25, 0.3) is 0 Å². The fourth-order valence-corrected chi connectivity index (χ4v) is 3.46. The Labute approximate surface area is 179 Å². The summed E-state index contributed by atoms with van der Waals surface area (Å²) >= 11 is 11.2. The molecule has 0 aliphatic carbocycles. The molecule has 1 aromatic carbocycles. The fourth-order valence-electron chi connectivity index (χ4n) is 2.19. The Balaban J connectivity index is 3.35. The zero-order valence-corrected chi connectivity index (χ0v) is 19.1. The first-order chi connectivity index (χ1) is 13.0. The summed E-state index contributed by atoms with van der Waals surface area (Å²) in [6.45, 7) is 11.2. The minimum atomic E-state index is -1.46. The molecule has 0 radical (unpaired) electrons. The number of carbonyl (C=O) groups is 1. The van der Waals surface area contributed by atoms with Crippen LogP contribution in [0.1, 0.15) is 45.7 Å². The van der Waals surface area contributed by atoms with Crippen molar-refractivity contribution in [2.75, 3.05) is 20.5 Å². The third-order valence-electron chi connectivity index (χ3n) is 3.59. The van der Waals surface area contributed by atoms with Crippen LogP contribution in [0.3, 0.4) is 0 Å². The smallest absolute Gasteiger partial charge is 0.333 e. The maximum atomic E-state index is 12.8. The largest absolute Gasteiger partial charge is 0.598 e. The molecule has 28 heavy (non-hydrogen) atoms. The maximum Gasteiger partial charge on any atom is 0.333 e. The summed E-state index contributed by atoms with van der Waals surface area (Å²) in [6, 6.07) is 2.58. The second kappa shape index (κ2) is 11.3. The van der Waals surface area contributed by atoms with Gasteiger partial charge < -0.3 is 18.8 Å². The average molecular weight is 452 g/mol. The number of hydrogen-bond acceptors (Lipinski definition) is 6. The van der Waals surface area contributed by atoms with Gasteiger partial charge in [0.15, 0.2) is 6.79 Å². The molecule has 0 fully saturated rings. The van der Waals surface area contributed by atoms with E-state index in [4.69, 9.17) is 37.4 Å². The van der Waals surface area contributed by atoms with Crippen LogP contribution >= 0.6 is 23.2 Å². The van der Waals surface area contributed by atoms with Gasteiger partial charge in [-0.15, -0.1) is 4.72 Å². The van der Waals surface area contributed by atoms with Crippen LogP contribution in [0.2, 0.25) is 10.0 Å². The molecule has 1 rings (SSSR count). The summed E-state index contributed by atoms with van der Waals surface area (Å²) < 4.78 is 30.8. The van der Waals surface area contributed by atoms with Crippen LogP contribution in [0.25, 0.3) is 0 Å². The first-order valence-corrected chi connectivity index (χ1v) is 10.6. The Morgan fingerprint density at radius 3 is 2.54 bits per heavy atom. The molecule has 0 aromatic heterocycles. The van der Waals surface area contributed by atoms with E-state index in [1.54, 1.807) is 19.1 Å². The van der Waals surface area contributed by atoms with Gasteiger partial charge in [-0.2, -0.15) is 0 Å². The molecule has 1 N–H and O–H groups in total. The van der Waals surface area contributed by atoms with E-state index in [1.165, 1.54) is 7.11 Å². The van der Waals surface area contributed by atoms with Gasteiger partial charge in [-0.3, -0.25) is 0 Å². The lowest BCUT2D eigenvalue weighted by Gasteiger charge is -2.29. The standard InChI is InChI=1S/C19H27Cl2NO5S/c1-7-26-18(23)12(2)10-14(22-28(24)19(3,4)5)16-15(27-11-25-6)9-8-13(20)17(16)21/h8-9,14,22H,2,7,10-11H2,1,3-6H3/t14-,28+/m1/s1. The van der Waals surface area contributed by atoms with Crippen molar-refractivity contribution in [3.8, 4) is 5.75 Å². The van der Waals surface area contributed by atoms with Crippen LogP contribution in [-0.2, 0) is 25.6 Å². The minimum Gasteiger partial charge on any atom is -0.598 e. The highest BCUT2D eigenvalue weighted by Crippen LogP contribution is 2.40. The number of nitrogens with one attached hydrogen (secondary N) is 1. The second-order valence-corrected chi connectivity index (χ2v) is 9.69. The molecule has 0 unspecified atom stereocenters. The van der Waals surface area contributed by atoms with E-state index in [9.17, 15) is 9.35 Å². The number of benzene rings is 1. The van der Waals surface area contributed by atoms with Gasteiger partial charge in [0.05, 0.1) is 22.7 Å². The number of esters is 1. The van der Waals surface area contributed by atoms with Gasteiger partial charge >= 0.3 is 5.97 Å². The van der Waals surface area contributed by atoms with E-state index in [0.717, 1.165) is 0 Å². The molecule has 0 amide bonds. The van der Waals surface area contributed by atoms with Crippen LogP contribution in [0, 0.1) is 0 Å².